The molecule has 0 amide bonds. The molecule has 2 N–H and O–H groups in total. The summed E-state index contributed by atoms with van der Waals surface area (Å²) >= 11 is 0. The molecule has 2 aromatic heterocycles. The Morgan fingerprint density at radius 1 is 1.26 bits per heavy atom. The van der Waals surface area contributed by atoms with Gasteiger partial charge in [-0.3, -0.25) is 4.98 Å². The zero-order valence-electron chi connectivity index (χ0n) is 16.1. The SMILES string of the molecule is N#Cc1ccc(Cn2c(N3CC[C@@H](F)[C@H](N)C3)nc3cc(F)c(C(F)(F)F)cc32)nc1. The van der Waals surface area contributed by atoms with Gasteiger partial charge in [-0.1, -0.05) is 0 Å². The second-order valence-corrected chi connectivity index (χ2v) is 7.38. The minimum Gasteiger partial charge on any atom is -0.340 e. The number of imidazole rings is 1. The fourth-order valence-corrected chi connectivity index (χ4v) is 3.63. The third-order valence-electron chi connectivity index (χ3n) is 5.25. The van der Waals surface area contributed by atoms with Gasteiger partial charge in [0.05, 0.1) is 40.4 Å². The number of fused-ring (bicyclic) bond motifs is 1. The summed E-state index contributed by atoms with van der Waals surface area (Å²) in [5.74, 6) is -1.17. The molecule has 11 heteroatoms. The largest absolute Gasteiger partial charge is 0.419 e. The molecule has 1 fully saturated rings. The van der Waals surface area contributed by atoms with Crippen LogP contribution in [0.1, 0.15) is 23.2 Å². The van der Waals surface area contributed by atoms with Crippen molar-refractivity contribution in [1.29, 1.82) is 5.26 Å². The zero-order chi connectivity index (χ0) is 22.3. The van der Waals surface area contributed by atoms with Crippen LogP contribution in [0.4, 0.5) is 27.9 Å². The zero-order valence-corrected chi connectivity index (χ0v) is 16.1. The van der Waals surface area contributed by atoms with Gasteiger partial charge in [0.15, 0.2) is 0 Å². The monoisotopic (exact) mass is 436 g/mol. The van der Waals surface area contributed by atoms with E-state index in [1.54, 1.807) is 11.0 Å². The van der Waals surface area contributed by atoms with E-state index in [2.05, 4.69) is 9.97 Å². The number of aromatic nitrogens is 3. The summed E-state index contributed by atoms with van der Waals surface area (Å²) in [5.41, 5.74) is 5.32. The van der Waals surface area contributed by atoms with Crippen LogP contribution < -0.4 is 10.6 Å². The van der Waals surface area contributed by atoms with E-state index < -0.39 is 29.8 Å². The van der Waals surface area contributed by atoms with Gasteiger partial charge in [-0.15, -0.1) is 0 Å². The van der Waals surface area contributed by atoms with Crippen molar-refractivity contribution in [2.24, 2.45) is 5.73 Å². The van der Waals surface area contributed by atoms with E-state index in [4.69, 9.17) is 11.0 Å². The molecule has 1 aromatic carbocycles. The van der Waals surface area contributed by atoms with Crippen molar-refractivity contribution in [1.82, 2.24) is 14.5 Å². The minimum atomic E-state index is -4.88. The maximum atomic E-state index is 14.1. The lowest BCUT2D eigenvalue weighted by Gasteiger charge is -2.34. The maximum Gasteiger partial charge on any atom is 0.419 e. The summed E-state index contributed by atoms with van der Waals surface area (Å²) < 4.78 is 69.3. The highest BCUT2D eigenvalue weighted by Crippen LogP contribution is 2.35. The van der Waals surface area contributed by atoms with Gasteiger partial charge in [0.2, 0.25) is 5.95 Å². The van der Waals surface area contributed by atoms with Gasteiger partial charge < -0.3 is 15.2 Å². The Balaban J connectivity index is 1.84. The molecule has 6 nitrogen and oxygen atoms in total. The molecule has 0 bridgehead atoms. The van der Waals surface area contributed by atoms with E-state index >= 15 is 0 Å². The first-order chi connectivity index (χ1) is 14.7. The van der Waals surface area contributed by atoms with Gasteiger partial charge in [0.1, 0.15) is 18.1 Å². The second-order valence-electron chi connectivity index (χ2n) is 7.38. The standard InChI is InChI=1S/C20H17F5N6/c21-14-3-4-30(10-16(14)27)19-29-17-6-15(22)13(20(23,24)25)5-18(17)31(19)9-12-2-1-11(7-26)8-28-12/h1-2,5-6,8,14,16H,3-4,9-10,27H2/t14-,16-/m1/s1. The number of nitrogens with two attached hydrogens (primary N) is 1. The van der Waals surface area contributed by atoms with E-state index in [0.717, 1.165) is 6.07 Å². The number of piperidine rings is 1. The van der Waals surface area contributed by atoms with Crippen molar-refractivity contribution in [2.45, 2.75) is 31.4 Å². The van der Waals surface area contributed by atoms with Crippen molar-refractivity contribution in [2.75, 3.05) is 18.0 Å². The summed E-state index contributed by atoms with van der Waals surface area (Å²) in [7, 11) is 0. The third-order valence-corrected chi connectivity index (χ3v) is 5.25. The maximum absolute atomic E-state index is 14.1. The van der Waals surface area contributed by atoms with Crippen molar-refractivity contribution in [3.63, 3.8) is 0 Å². The number of hydrogen-bond acceptors (Lipinski definition) is 5. The van der Waals surface area contributed by atoms with E-state index in [0.29, 0.717) is 17.3 Å². The highest BCUT2D eigenvalue weighted by molar-refractivity contribution is 5.80. The third kappa shape index (κ3) is 4.03. The fraction of sp³-hybridized carbons (Fsp3) is 0.350. The first kappa shape index (κ1) is 21.0. The normalized spacial score (nSPS) is 19.6. The van der Waals surface area contributed by atoms with Crippen LogP contribution in [0, 0.1) is 17.1 Å². The molecule has 1 aliphatic heterocycles. The van der Waals surface area contributed by atoms with Gasteiger partial charge in [0, 0.05) is 25.4 Å². The van der Waals surface area contributed by atoms with E-state index in [-0.39, 0.29) is 43.0 Å². The minimum absolute atomic E-state index is 0.0191. The van der Waals surface area contributed by atoms with Crippen molar-refractivity contribution < 1.29 is 22.0 Å². The quantitative estimate of drug-likeness (QED) is 0.637. The predicted molar refractivity (Wildman–Crippen MR) is 102 cm³/mol. The van der Waals surface area contributed by atoms with Gasteiger partial charge in [-0.05, 0) is 24.6 Å². The number of nitrogens with zero attached hydrogens (tertiary/aromatic N) is 5. The Hall–Kier alpha value is -3.26. The molecular weight excluding hydrogens is 419 g/mol. The molecule has 0 unspecified atom stereocenters. The Labute approximate surface area is 173 Å². The molecule has 31 heavy (non-hydrogen) atoms. The number of halogens is 5. The van der Waals surface area contributed by atoms with Crippen LogP contribution in [0.25, 0.3) is 11.0 Å². The average molecular weight is 436 g/mol. The highest BCUT2D eigenvalue weighted by Gasteiger charge is 2.36. The molecule has 1 aliphatic rings. The van der Waals surface area contributed by atoms with E-state index in [1.165, 1.54) is 16.8 Å². The Kier molecular flexibility index (Phi) is 5.26. The Bertz CT molecular complexity index is 1150. The number of benzene rings is 1. The summed E-state index contributed by atoms with van der Waals surface area (Å²) in [4.78, 5) is 10.2. The predicted octanol–water partition coefficient (Wildman–Crippen LogP) is 3.38. The first-order valence-corrected chi connectivity index (χ1v) is 9.44. The molecule has 0 aliphatic carbocycles. The van der Waals surface area contributed by atoms with Crippen molar-refractivity contribution >= 4 is 17.0 Å². The van der Waals surface area contributed by atoms with Gasteiger partial charge in [0.25, 0.3) is 0 Å². The average Bonchev–Trinajstić information content (AvgIpc) is 3.06. The van der Waals surface area contributed by atoms with Crippen LogP contribution in [0.2, 0.25) is 0 Å². The van der Waals surface area contributed by atoms with Crippen LogP contribution in [-0.4, -0.2) is 39.8 Å². The number of rotatable bonds is 3. The Morgan fingerprint density at radius 2 is 2.03 bits per heavy atom. The van der Waals surface area contributed by atoms with E-state index in [1.807, 2.05) is 6.07 Å². The summed E-state index contributed by atoms with van der Waals surface area (Å²) in [6, 6.07) is 5.72. The van der Waals surface area contributed by atoms with E-state index in [9.17, 15) is 22.0 Å². The van der Waals surface area contributed by atoms with Crippen LogP contribution in [0.15, 0.2) is 30.5 Å². The van der Waals surface area contributed by atoms with Gasteiger partial charge >= 0.3 is 6.18 Å². The van der Waals surface area contributed by atoms with Gasteiger partial charge in [-0.25, -0.2) is 13.8 Å². The molecule has 0 radical (unpaired) electrons. The lowest BCUT2D eigenvalue weighted by molar-refractivity contribution is -0.139. The molecule has 0 spiro atoms. The Morgan fingerprint density at radius 3 is 2.65 bits per heavy atom. The second kappa shape index (κ2) is 7.77. The number of hydrogen-bond donors (Lipinski definition) is 1. The summed E-state index contributed by atoms with van der Waals surface area (Å²) in [6.45, 7) is 0.388. The molecule has 0 saturated carbocycles. The topological polar surface area (TPSA) is 83.8 Å². The molecule has 162 valence electrons. The molecule has 4 rings (SSSR count). The number of pyridine rings is 1. The van der Waals surface area contributed by atoms with Crippen LogP contribution in [0.5, 0.6) is 0 Å². The molecule has 3 heterocycles. The molecular formula is C20H17F5N6. The molecule has 1 saturated heterocycles. The summed E-state index contributed by atoms with van der Waals surface area (Å²) in [6.07, 6.45) is -4.58. The lowest BCUT2D eigenvalue weighted by Crippen LogP contribution is -2.50. The fourth-order valence-electron chi connectivity index (χ4n) is 3.63. The lowest BCUT2D eigenvalue weighted by atomic mass is 10.1. The molecule has 2 atom stereocenters. The number of alkyl halides is 4. The number of nitriles is 1. The summed E-state index contributed by atoms with van der Waals surface area (Å²) in [5, 5.41) is 8.92. The smallest absolute Gasteiger partial charge is 0.340 e. The number of anilines is 1. The van der Waals surface area contributed by atoms with Crippen molar-refractivity contribution in [3.05, 3.63) is 53.1 Å². The highest BCUT2D eigenvalue weighted by atomic mass is 19.4. The first-order valence-electron chi connectivity index (χ1n) is 9.44. The van der Waals surface area contributed by atoms with Crippen LogP contribution in [0.3, 0.4) is 0 Å². The molecule has 3 aromatic rings. The van der Waals surface area contributed by atoms with Crippen LogP contribution >= 0.6 is 0 Å². The van der Waals surface area contributed by atoms with Crippen molar-refractivity contribution in [3.8, 4) is 6.07 Å². The van der Waals surface area contributed by atoms with Crippen LogP contribution in [-0.2, 0) is 12.7 Å². The van der Waals surface area contributed by atoms with Gasteiger partial charge in [-0.2, -0.15) is 18.4 Å².